The first-order valence-electron chi connectivity index (χ1n) is 5.94. The number of hydrogen-bond donors (Lipinski definition) is 1. The fourth-order valence-corrected chi connectivity index (χ4v) is 4.85. The molecular weight excluding hydrogens is 190 g/mol. The Morgan fingerprint density at radius 3 is 1.86 bits per heavy atom. The standard InChI is InChI=1S/C12H19NS/c1-8(14)13-12-5-9-2-10(6-12)4-11(3-9)7-12/h9-11H,2-7H2,1H3,(H,13,14)/t9-,10+,11-,12-. The molecule has 0 atom stereocenters. The third-order valence-electron chi connectivity index (χ3n) is 4.48. The molecule has 14 heavy (non-hydrogen) atoms. The van der Waals surface area contributed by atoms with E-state index in [-0.39, 0.29) is 0 Å². The lowest BCUT2D eigenvalue weighted by molar-refractivity contribution is -0.00978. The molecule has 0 heterocycles. The highest BCUT2D eigenvalue weighted by molar-refractivity contribution is 7.80. The van der Waals surface area contributed by atoms with Gasteiger partial charge >= 0.3 is 0 Å². The van der Waals surface area contributed by atoms with Crippen molar-refractivity contribution in [1.82, 2.24) is 5.32 Å². The van der Waals surface area contributed by atoms with Gasteiger partial charge < -0.3 is 5.32 Å². The van der Waals surface area contributed by atoms with Gasteiger partial charge in [0, 0.05) is 5.54 Å². The summed E-state index contributed by atoms with van der Waals surface area (Å²) in [5.74, 6) is 3.05. The molecular formula is C12H19NS. The molecule has 0 aromatic heterocycles. The van der Waals surface area contributed by atoms with Crippen molar-refractivity contribution in [3.05, 3.63) is 0 Å². The lowest BCUT2D eigenvalue weighted by Gasteiger charge is -2.57. The van der Waals surface area contributed by atoms with Crippen molar-refractivity contribution in [2.75, 3.05) is 0 Å². The average Bonchev–Trinajstić information content (AvgIpc) is 1.96. The van der Waals surface area contributed by atoms with Crippen molar-refractivity contribution < 1.29 is 0 Å². The second-order valence-corrected chi connectivity index (χ2v) is 6.49. The summed E-state index contributed by atoms with van der Waals surface area (Å²) >= 11 is 5.22. The maximum absolute atomic E-state index is 5.22. The number of thiocarbonyl (C=S) groups is 1. The largest absolute Gasteiger partial charge is 0.374 e. The molecule has 0 saturated heterocycles. The lowest BCUT2D eigenvalue weighted by atomic mass is 9.53. The van der Waals surface area contributed by atoms with Gasteiger partial charge in [-0.1, -0.05) is 12.2 Å². The zero-order chi connectivity index (χ0) is 9.76. The summed E-state index contributed by atoms with van der Waals surface area (Å²) in [5.41, 5.74) is 0.431. The molecule has 0 radical (unpaired) electrons. The van der Waals surface area contributed by atoms with Crippen LogP contribution in [-0.4, -0.2) is 10.5 Å². The topological polar surface area (TPSA) is 12.0 Å². The molecule has 0 unspecified atom stereocenters. The first-order valence-corrected chi connectivity index (χ1v) is 6.35. The van der Waals surface area contributed by atoms with Crippen LogP contribution in [0.1, 0.15) is 45.4 Å². The zero-order valence-corrected chi connectivity index (χ0v) is 9.70. The van der Waals surface area contributed by atoms with E-state index in [0.717, 1.165) is 22.7 Å². The third-order valence-corrected chi connectivity index (χ3v) is 4.58. The van der Waals surface area contributed by atoms with Gasteiger partial charge in [0.05, 0.1) is 4.99 Å². The second kappa shape index (κ2) is 2.94. The number of rotatable bonds is 1. The van der Waals surface area contributed by atoms with Crippen LogP contribution >= 0.6 is 12.2 Å². The predicted molar refractivity (Wildman–Crippen MR) is 62.3 cm³/mol. The minimum atomic E-state index is 0.431. The van der Waals surface area contributed by atoms with Gasteiger partial charge in [-0.05, 0) is 63.2 Å². The molecule has 2 heteroatoms. The molecule has 0 spiro atoms. The molecule has 4 rings (SSSR count). The van der Waals surface area contributed by atoms with Gasteiger partial charge in [-0.3, -0.25) is 0 Å². The van der Waals surface area contributed by atoms with E-state index >= 15 is 0 Å². The highest BCUT2D eigenvalue weighted by Crippen LogP contribution is 2.55. The highest BCUT2D eigenvalue weighted by Gasteiger charge is 2.50. The van der Waals surface area contributed by atoms with Gasteiger partial charge in [-0.15, -0.1) is 0 Å². The van der Waals surface area contributed by atoms with Crippen LogP contribution in [0.15, 0.2) is 0 Å². The summed E-state index contributed by atoms with van der Waals surface area (Å²) in [6.45, 7) is 2.04. The molecule has 4 fully saturated rings. The van der Waals surface area contributed by atoms with Crippen molar-refractivity contribution in [3.8, 4) is 0 Å². The fourth-order valence-electron chi connectivity index (χ4n) is 4.64. The van der Waals surface area contributed by atoms with E-state index in [4.69, 9.17) is 12.2 Å². The van der Waals surface area contributed by atoms with Gasteiger partial charge in [0.15, 0.2) is 0 Å². The Morgan fingerprint density at radius 1 is 1.07 bits per heavy atom. The summed E-state index contributed by atoms with van der Waals surface area (Å²) in [6, 6.07) is 0. The average molecular weight is 209 g/mol. The van der Waals surface area contributed by atoms with E-state index in [2.05, 4.69) is 5.32 Å². The van der Waals surface area contributed by atoms with E-state index in [1.165, 1.54) is 38.5 Å². The number of nitrogens with one attached hydrogen (secondary N) is 1. The van der Waals surface area contributed by atoms with Crippen molar-refractivity contribution in [1.29, 1.82) is 0 Å². The Hall–Kier alpha value is -0.110. The Labute approximate surface area is 91.6 Å². The van der Waals surface area contributed by atoms with Crippen LogP contribution in [0.3, 0.4) is 0 Å². The van der Waals surface area contributed by atoms with Crippen LogP contribution in [0.5, 0.6) is 0 Å². The molecule has 0 aromatic rings. The van der Waals surface area contributed by atoms with Crippen LogP contribution in [0.4, 0.5) is 0 Å². The molecule has 0 amide bonds. The van der Waals surface area contributed by atoms with Gasteiger partial charge in [0.1, 0.15) is 0 Å². The Bertz CT molecular complexity index is 236. The SMILES string of the molecule is CC(=S)N[C@]12C[C@H]3C[C@H](C[C@H](C3)C1)C2. The second-order valence-electron chi connectivity index (χ2n) is 5.88. The molecule has 78 valence electrons. The van der Waals surface area contributed by atoms with Gasteiger partial charge in [-0.2, -0.15) is 0 Å². The van der Waals surface area contributed by atoms with Crippen LogP contribution in [-0.2, 0) is 0 Å². The highest BCUT2D eigenvalue weighted by atomic mass is 32.1. The van der Waals surface area contributed by atoms with Crippen molar-refractivity contribution >= 4 is 17.2 Å². The first-order chi connectivity index (χ1) is 6.65. The summed E-state index contributed by atoms with van der Waals surface area (Å²) in [5, 5.41) is 3.62. The molecule has 1 nitrogen and oxygen atoms in total. The molecule has 0 aliphatic heterocycles. The first kappa shape index (κ1) is 9.14. The van der Waals surface area contributed by atoms with E-state index in [9.17, 15) is 0 Å². The van der Waals surface area contributed by atoms with Gasteiger partial charge in [0.25, 0.3) is 0 Å². The molecule has 4 aliphatic rings. The molecule has 4 bridgehead atoms. The molecule has 1 N–H and O–H groups in total. The van der Waals surface area contributed by atoms with Crippen molar-refractivity contribution in [3.63, 3.8) is 0 Å². The number of hydrogen-bond acceptors (Lipinski definition) is 1. The van der Waals surface area contributed by atoms with Crippen LogP contribution in [0.2, 0.25) is 0 Å². The Balaban J connectivity index is 1.83. The summed E-state index contributed by atoms with van der Waals surface area (Å²) < 4.78 is 0. The van der Waals surface area contributed by atoms with Crippen LogP contribution < -0.4 is 5.32 Å². The van der Waals surface area contributed by atoms with E-state index in [1.807, 2.05) is 6.92 Å². The molecule has 4 aliphatic carbocycles. The van der Waals surface area contributed by atoms with E-state index < -0.39 is 0 Å². The Kier molecular flexibility index (Phi) is 1.92. The molecule has 4 saturated carbocycles. The molecule has 0 aromatic carbocycles. The van der Waals surface area contributed by atoms with Gasteiger partial charge in [0.2, 0.25) is 0 Å². The van der Waals surface area contributed by atoms with E-state index in [0.29, 0.717) is 5.54 Å². The summed E-state index contributed by atoms with van der Waals surface area (Å²) in [7, 11) is 0. The third kappa shape index (κ3) is 1.39. The fraction of sp³-hybridized carbons (Fsp3) is 0.917. The van der Waals surface area contributed by atoms with Crippen molar-refractivity contribution in [2.24, 2.45) is 17.8 Å². The van der Waals surface area contributed by atoms with Crippen LogP contribution in [0.25, 0.3) is 0 Å². The minimum absolute atomic E-state index is 0.431. The quantitative estimate of drug-likeness (QED) is 0.666. The van der Waals surface area contributed by atoms with E-state index in [1.54, 1.807) is 0 Å². The summed E-state index contributed by atoms with van der Waals surface area (Å²) in [6.07, 6.45) is 8.72. The minimum Gasteiger partial charge on any atom is -0.374 e. The predicted octanol–water partition coefficient (Wildman–Crippen LogP) is 2.89. The van der Waals surface area contributed by atoms with Gasteiger partial charge in [-0.25, -0.2) is 0 Å². The zero-order valence-electron chi connectivity index (χ0n) is 8.88. The lowest BCUT2D eigenvalue weighted by Crippen LogP contribution is -2.59. The monoisotopic (exact) mass is 209 g/mol. The maximum atomic E-state index is 5.22. The van der Waals surface area contributed by atoms with Crippen LogP contribution in [0, 0.1) is 17.8 Å². The maximum Gasteiger partial charge on any atom is 0.0726 e. The smallest absolute Gasteiger partial charge is 0.0726 e. The normalized spacial score (nSPS) is 49.4. The Morgan fingerprint density at radius 2 is 1.50 bits per heavy atom. The van der Waals surface area contributed by atoms with Crippen molar-refractivity contribution in [2.45, 2.75) is 51.0 Å². The summed E-state index contributed by atoms with van der Waals surface area (Å²) in [4.78, 5) is 1.01.